The number of nitrogens with zero attached hydrogens (tertiary/aromatic N) is 1. The Balaban J connectivity index is 1.90. The molecule has 1 saturated heterocycles. The molecule has 0 spiro atoms. The highest BCUT2D eigenvalue weighted by molar-refractivity contribution is 7.89. The Morgan fingerprint density at radius 2 is 1.93 bits per heavy atom. The van der Waals surface area contributed by atoms with Crippen LogP contribution in [0.3, 0.4) is 0 Å². The number of carbonyl (C=O) groups excluding carboxylic acids is 2. The summed E-state index contributed by atoms with van der Waals surface area (Å²) in [5, 5.41) is 2.04. The number of amides is 1. The van der Waals surface area contributed by atoms with Crippen LogP contribution in [0.15, 0.2) is 41.3 Å². The van der Waals surface area contributed by atoms with E-state index in [9.17, 15) is 18.0 Å². The lowest BCUT2D eigenvalue weighted by molar-refractivity contribution is -0.143. The number of piperidine rings is 1. The molecule has 144 valence electrons. The average molecular weight is 410 g/mol. The Kier molecular flexibility index (Phi) is 5.27. The van der Waals surface area contributed by atoms with Crippen LogP contribution in [0.5, 0.6) is 0 Å². The number of hydrogen-bond acceptors (Lipinski definition) is 5. The van der Waals surface area contributed by atoms with Crippen molar-refractivity contribution in [3.8, 4) is 0 Å². The summed E-state index contributed by atoms with van der Waals surface area (Å²) in [5.41, 5.74) is 4.34. The summed E-state index contributed by atoms with van der Waals surface area (Å²) in [6, 6.07) is 9.69. The molecular formula is C18H20ClN3O4S. The van der Waals surface area contributed by atoms with E-state index in [-0.39, 0.29) is 23.6 Å². The van der Waals surface area contributed by atoms with E-state index in [1.807, 2.05) is 0 Å². The largest absolute Gasteiger partial charge is 0.333 e. The van der Waals surface area contributed by atoms with Gasteiger partial charge in [0.15, 0.2) is 5.66 Å². The number of ketones is 1. The third-order valence-corrected chi connectivity index (χ3v) is 6.22. The average Bonchev–Trinajstić information content (AvgIpc) is 2.57. The Morgan fingerprint density at radius 1 is 1.26 bits per heavy atom. The fourth-order valence-corrected chi connectivity index (χ4v) is 4.71. The maximum absolute atomic E-state index is 12.8. The second kappa shape index (κ2) is 7.20. The lowest BCUT2D eigenvalue weighted by Gasteiger charge is -2.38. The summed E-state index contributed by atoms with van der Waals surface area (Å²) in [6.07, 6.45) is 0.650. The van der Waals surface area contributed by atoms with E-state index in [0.29, 0.717) is 23.4 Å². The quantitative estimate of drug-likeness (QED) is 0.729. The van der Waals surface area contributed by atoms with Crippen LogP contribution in [0.2, 0.25) is 5.02 Å². The molecule has 1 atom stereocenters. The van der Waals surface area contributed by atoms with Gasteiger partial charge in [-0.3, -0.25) is 9.59 Å². The predicted octanol–water partition coefficient (Wildman–Crippen LogP) is 1.64. The maximum atomic E-state index is 12.8. The summed E-state index contributed by atoms with van der Waals surface area (Å²) in [7, 11) is -4.05. The van der Waals surface area contributed by atoms with Gasteiger partial charge in [-0.2, -0.15) is 4.72 Å². The van der Waals surface area contributed by atoms with E-state index in [1.54, 1.807) is 24.3 Å². The van der Waals surface area contributed by atoms with E-state index in [0.717, 1.165) is 5.39 Å². The summed E-state index contributed by atoms with van der Waals surface area (Å²) in [4.78, 5) is 25.3. The van der Waals surface area contributed by atoms with Crippen LogP contribution in [0, 0.1) is 0 Å². The second-order valence-corrected chi connectivity index (χ2v) is 8.88. The van der Waals surface area contributed by atoms with Crippen LogP contribution in [0.4, 0.5) is 0 Å². The Hall–Kier alpha value is -2.00. The Bertz CT molecular complexity index is 1020. The number of benzene rings is 2. The number of carbonyl (C=O) groups is 2. The smallest absolute Gasteiger partial charge is 0.258 e. The van der Waals surface area contributed by atoms with Crippen molar-refractivity contribution >= 4 is 44.1 Å². The fraction of sp³-hybridized carbons (Fsp3) is 0.333. The molecule has 1 aliphatic rings. The van der Waals surface area contributed by atoms with Gasteiger partial charge in [-0.25, -0.2) is 8.42 Å². The highest BCUT2D eigenvalue weighted by atomic mass is 35.5. The molecular weight excluding hydrogens is 390 g/mol. The fourth-order valence-electron chi connectivity index (χ4n) is 3.21. The zero-order valence-corrected chi connectivity index (χ0v) is 16.3. The molecule has 2 aromatic rings. The van der Waals surface area contributed by atoms with Crippen molar-refractivity contribution < 1.29 is 18.0 Å². The van der Waals surface area contributed by atoms with Gasteiger partial charge in [0.2, 0.25) is 10.0 Å². The molecule has 9 heteroatoms. The number of nitrogens with two attached hydrogens (primary N) is 1. The van der Waals surface area contributed by atoms with Crippen molar-refractivity contribution in [3.63, 3.8) is 0 Å². The highest BCUT2D eigenvalue weighted by Gasteiger charge is 2.44. The molecule has 0 bridgehead atoms. The third kappa shape index (κ3) is 4.14. The van der Waals surface area contributed by atoms with Crippen molar-refractivity contribution in [1.82, 2.24) is 9.62 Å². The minimum absolute atomic E-state index is 0.00126. The number of rotatable bonds is 5. The highest BCUT2D eigenvalue weighted by Crippen LogP contribution is 2.25. The number of fused-ring (bicyclic) bond motifs is 1. The maximum Gasteiger partial charge on any atom is 0.258 e. The molecule has 0 saturated carbocycles. The lowest BCUT2D eigenvalue weighted by Crippen LogP contribution is -2.68. The summed E-state index contributed by atoms with van der Waals surface area (Å²) < 4.78 is 28.0. The lowest BCUT2D eigenvalue weighted by atomic mass is 9.99. The van der Waals surface area contributed by atoms with Gasteiger partial charge < -0.3 is 10.6 Å². The topological polar surface area (TPSA) is 110 Å². The van der Waals surface area contributed by atoms with Gasteiger partial charge in [-0.05, 0) is 54.8 Å². The minimum Gasteiger partial charge on any atom is -0.333 e. The molecule has 1 amide bonds. The van der Waals surface area contributed by atoms with Crippen LogP contribution < -0.4 is 10.5 Å². The molecule has 0 radical (unpaired) electrons. The van der Waals surface area contributed by atoms with Gasteiger partial charge in [0.25, 0.3) is 5.91 Å². The van der Waals surface area contributed by atoms with Crippen molar-refractivity contribution in [2.24, 2.45) is 5.73 Å². The first-order valence-corrected chi connectivity index (χ1v) is 10.3. The number of Topliss-reactive ketones (excluding diaryl/α,β-unsaturated/α-hetero) is 1. The van der Waals surface area contributed by atoms with E-state index in [2.05, 4.69) is 4.72 Å². The number of likely N-dealkylation sites (tertiary alicyclic amines) is 1. The normalized spacial score (nSPS) is 20.9. The van der Waals surface area contributed by atoms with Crippen LogP contribution in [-0.2, 0) is 19.6 Å². The molecule has 7 nitrogen and oxygen atoms in total. The first-order chi connectivity index (χ1) is 12.6. The zero-order chi connectivity index (χ0) is 19.8. The SMILES string of the molecule is CC(=O)CN1CCC[C@](N)(NS(=O)(=O)c2ccc3cc(Cl)ccc3c2)C1=O. The van der Waals surface area contributed by atoms with Crippen molar-refractivity contribution in [3.05, 3.63) is 41.4 Å². The molecule has 1 fully saturated rings. The molecule has 1 aliphatic heterocycles. The van der Waals surface area contributed by atoms with Gasteiger partial charge in [0.1, 0.15) is 5.78 Å². The molecule has 27 heavy (non-hydrogen) atoms. The number of hydrogen-bond donors (Lipinski definition) is 2. The van der Waals surface area contributed by atoms with E-state index < -0.39 is 21.6 Å². The van der Waals surface area contributed by atoms with Crippen LogP contribution in [0.25, 0.3) is 10.8 Å². The standard InChI is InChI=1S/C18H20ClN3O4S/c1-12(23)11-22-8-2-7-18(20,17(22)24)21-27(25,26)16-6-4-13-9-15(19)5-3-14(13)10-16/h3-6,9-10,21H,2,7-8,11,20H2,1H3/t18-/m0/s1. The summed E-state index contributed by atoms with van der Waals surface area (Å²) in [5.74, 6) is -0.788. The molecule has 0 aliphatic carbocycles. The number of halogens is 1. The molecule has 0 unspecified atom stereocenters. The van der Waals surface area contributed by atoms with E-state index in [4.69, 9.17) is 17.3 Å². The molecule has 2 aromatic carbocycles. The van der Waals surface area contributed by atoms with E-state index in [1.165, 1.54) is 24.0 Å². The monoisotopic (exact) mass is 409 g/mol. The second-order valence-electron chi connectivity index (χ2n) is 6.76. The Labute approximate surface area is 162 Å². The van der Waals surface area contributed by atoms with Crippen molar-refractivity contribution in [1.29, 1.82) is 0 Å². The van der Waals surface area contributed by atoms with E-state index >= 15 is 0 Å². The number of nitrogens with one attached hydrogen (secondary N) is 1. The first-order valence-electron chi connectivity index (χ1n) is 8.42. The van der Waals surface area contributed by atoms with Gasteiger partial charge in [0.05, 0.1) is 11.4 Å². The van der Waals surface area contributed by atoms with Crippen molar-refractivity contribution in [2.75, 3.05) is 13.1 Å². The van der Waals surface area contributed by atoms with Crippen LogP contribution in [-0.4, -0.2) is 43.8 Å². The van der Waals surface area contributed by atoms with Gasteiger partial charge in [-0.1, -0.05) is 23.7 Å². The third-order valence-electron chi connectivity index (χ3n) is 4.48. The zero-order valence-electron chi connectivity index (χ0n) is 14.7. The molecule has 0 aromatic heterocycles. The summed E-state index contributed by atoms with van der Waals surface area (Å²) >= 11 is 5.95. The van der Waals surface area contributed by atoms with Gasteiger partial charge in [0, 0.05) is 11.6 Å². The van der Waals surface area contributed by atoms with Crippen molar-refractivity contribution in [2.45, 2.75) is 30.3 Å². The summed E-state index contributed by atoms with van der Waals surface area (Å²) in [6.45, 7) is 1.65. The predicted molar refractivity (Wildman–Crippen MR) is 103 cm³/mol. The minimum atomic E-state index is -4.05. The molecule has 3 rings (SSSR count). The van der Waals surface area contributed by atoms with Crippen LogP contribution >= 0.6 is 11.6 Å². The molecule has 3 N–H and O–H groups in total. The first kappa shape index (κ1) is 19.8. The van der Waals surface area contributed by atoms with Gasteiger partial charge >= 0.3 is 0 Å². The van der Waals surface area contributed by atoms with Gasteiger partial charge in [-0.15, -0.1) is 0 Å². The van der Waals surface area contributed by atoms with Crippen LogP contribution in [0.1, 0.15) is 19.8 Å². The Morgan fingerprint density at radius 3 is 2.63 bits per heavy atom. The molecule has 1 heterocycles. The number of sulfonamides is 1.